The van der Waals surface area contributed by atoms with Crippen molar-refractivity contribution < 1.29 is 22.7 Å². The number of aliphatic hydroxyl groups is 1. The van der Waals surface area contributed by atoms with Crippen molar-refractivity contribution in [1.82, 2.24) is 4.72 Å². The Morgan fingerprint density at radius 3 is 2.86 bits per heavy atom. The predicted octanol–water partition coefficient (Wildman–Crippen LogP) is 1.82. The topological polar surface area (TPSA) is 75.6 Å². The first-order valence-electron chi connectivity index (χ1n) is 6.64. The van der Waals surface area contributed by atoms with E-state index >= 15 is 0 Å². The molecule has 1 aliphatic rings. The minimum Gasteiger partial charge on any atom is -0.392 e. The number of benzene rings is 1. The molecule has 0 radical (unpaired) electrons. The highest BCUT2D eigenvalue weighted by Crippen LogP contribution is 2.24. The van der Waals surface area contributed by atoms with E-state index in [1.54, 1.807) is 0 Å². The van der Waals surface area contributed by atoms with Crippen LogP contribution in [0.4, 0.5) is 4.39 Å². The Labute approximate surface area is 128 Å². The van der Waals surface area contributed by atoms with E-state index in [9.17, 15) is 12.8 Å². The van der Waals surface area contributed by atoms with Crippen molar-refractivity contribution in [2.75, 3.05) is 13.2 Å². The molecule has 1 aromatic carbocycles. The zero-order chi connectivity index (χ0) is 15.5. The van der Waals surface area contributed by atoms with Crippen LogP contribution in [0, 0.1) is 5.82 Å². The molecule has 1 aromatic rings. The maximum Gasteiger partial charge on any atom is 0.240 e. The Morgan fingerprint density at radius 1 is 1.48 bits per heavy atom. The molecule has 2 N–H and O–H groups in total. The van der Waals surface area contributed by atoms with Crippen molar-refractivity contribution >= 4 is 21.6 Å². The molecule has 0 spiro atoms. The summed E-state index contributed by atoms with van der Waals surface area (Å²) < 4.78 is 45.6. The Balaban J connectivity index is 2.06. The molecule has 1 saturated heterocycles. The van der Waals surface area contributed by atoms with Crippen molar-refractivity contribution in [3.63, 3.8) is 0 Å². The zero-order valence-electron chi connectivity index (χ0n) is 11.3. The lowest BCUT2D eigenvalue weighted by Gasteiger charge is -2.12. The number of ether oxygens (including phenoxy) is 1. The lowest BCUT2D eigenvalue weighted by molar-refractivity contribution is 0.105. The van der Waals surface area contributed by atoms with Gasteiger partial charge in [-0.25, -0.2) is 17.5 Å². The Bertz CT molecular complexity index is 602. The molecule has 0 aromatic heterocycles. The van der Waals surface area contributed by atoms with Gasteiger partial charge in [-0.2, -0.15) is 0 Å². The van der Waals surface area contributed by atoms with Gasteiger partial charge in [-0.05, 0) is 31.4 Å². The first-order valence-corrected chi connectivity index (χ1v) is 8.50. The van der Waals surface area contributed by atoms with Gasteiger partial charge in [-0.1, -0.05) is 11.6 Å². The Hall–Kier alpha value is -0.730. The molecule has 0 aliphatic carbocycles. The second-order valence-corrected chi connectivity index (χ2v) is 7.00. The Morgan fingerprint density at radius 2 is 2.24 bits per heavy atom. The van der Waals surface area contributed by atoms with E-state index in [1.807, 2.05) is 0 Å². The fourth-order valence-electron chi connectivity index (χ4n) is 2.20. The Kier molecular flexibility index (Phi) is 5.56. The number of hydrogen-bond donors (Lipinski definition) is 2. The molecular weight excluding hydrogens is 321 g/mol. The second kappa shape index (κ2) is 7.02. The van der Waals surface area contributed by atoms with Gasteiger partial charge in [0, 0.05) is 18.7 Å². The number of aliphatic hydroxyl groups excluding tert-OH is 1. The van der Waals surface area contributed by atoms with E-state index < -0.39 is 22.4 Å². The average molecular weight is 338 g/mol. The third kappa shape index (κ3) is 4.14. The molecule has 0 bridgehead atoms. The highest BCUT2D eigenvalue weighted by Gasteiger charge is 2.20. The summed E-state index contributed by atoms with van der Waals surface area (Å²) >= 11 is 5.64. The predicted molar refractivity (Wildman–Crippen MR) is 76.1 cm³/mol. The van der Waals surface area contributed by atoms with E-state index in [0.29, 0.717) is 13.0 Å². The van der Waals surface area contributed by atoms with Gasteiger partial charge < -0.3 is 9.84 Å². The quantitative estimate of drug-likeness (QED) is 0.830. The summed E-state index contributed by atoms with van der Waals surface area (Å²) in [5.41, 5.74) is 0.0381. The summed E-state index contributed by atoms with van der Waals surface area (Å²) in [7, 11) is -3.84. The van der Waals surface area contributed by atoms with Crippen LogP contribution < -0.4 is 4.72 Å². The molecule has 5 nitrogen and oxygen atoms in total. The molecule has 1 atom stereocenters. The lowest BCUT2D eigenvalue weighted by Crippen LogP contribution is -2.27. The average Bonchev–Trinajstić information content (AvgIpc) is 2.94. The van der Waals surface area contributed by atoms with Gasteiger partial charge in [-0.3, -0.25) is 0 Å². The van der Waals surface area contributed by atoms with Crippen LogP contribution in [0.2, 0.25) is 5.02 Å². The third-order valence-electron chi connectivity index (χ3n) is 3.34. The molecular formula is C13H17ClFNO4S. The smallest absolute Gasteiger partial charge is 0.240 e. The summed E-state index contributed by atoms with van der Waals surface area (Å²) in [6.45, 7) is 0.389. The summed E-state index contributed by atoms with van der Waals surface area (Å²) in [4.78, 5) is -0.249. The van der Waals surface area contributed by atoms with Crippen LogP contribution in [0.15, 0.2) is 17.0 Å². The zero-order valence-corrected chi connectivity index (χ0v) is 12.9. The van der Waals surface area contributed by atoms with Crippen molar-refractivity contribution in [3.8, 4) is 0 Å². The first-order chi connectivity index (χ1) is 9.94. The van der Waals surface area contributed by atoms with Crippen molar-refractivity contribution in [3.05, 3.63) is 28.5 Å². The van der Waals surface area contributed by atoms with Crippen LogP contribution in [-0.2, 0) is 21.4 Å². The van der Waals surface area contributed by atoms with Gasteiger partial charge in [0.05, 0.1) is 22.6 Å². The summed E-state index contributed by atoms with van der Waals surface area (Å²) in [6, 6.07) is 2.01. The van der Waals surface area contributed by atoms with Crippen LogP contribution in [0.25, 0.3) is 0 Å². The lowest BCUT2D eigenvalue weighted by atomic mass is 10.2. The van der Waals surface area contributed by atoms with Crippen molar-refractivity contribution in [1.29, 1.82) is 0 Å². The molecule has 1 unspecified atom stereocenters. The van der Waals surface area contributed by atoms with Crippen molar-refractivity contribution in [2.45, 2.75) is 36.9 Å². The van der Waals surface area contributed by atoms with Crippen LogP contribution in [0.5, 0.6) is 0 Å². The van der Waals surface area contributed by atoms with Gasteiger partial charge in [0.2, 0.25) is 10.0 Å². The minimum absolute atomic E-state index is 0.0381. The van der Waals surface area contributed by atoms with Crippen LogP contribution in [0.1, 0.15) is 24.8 Å². The van der Waals surface area contributed by atoms with Gasteiger partial charge in [0.15, 0.2) is 0 Å². The normalized spacial score (nSPS) is 19.1. The van der Waals surface area contributed by atoms with E-state index in [-0.39, 0.29) is 28.1 Å². The van der Waals surface area contributed by atoms with Crippen LogP contribution >= 0.6 is 11.6 Å². The summed E-state index contributed by atoms with van der Waals surface area (Å²) in [5, 5.41) is 8.80. The third-order valence-corrected chi connectivity index (χ3v) is 5.20. The van der Waals surface area contributed by atoms with Crippen LogP contribution in [-0.4, -0.2) is 32.8 Å². The molecule has 1 aliphatic heterocycles. The molecule has 0 saturated carbocycles. The maximum atomic E-state index is 13.6. The number of nitrogens with one attached hydrogen (secondary N) is 1. The molecule has 118 valence electrons. The van der Waals surface area contributed by atoms with E-state index in [0.717, 1.165) is 18.9 Å². The largest absolute Gasteiger partial charge is 0.392 e. The summed E-state index contributed by atoms with van der Waals surface area (Å²) in [5.74, 6) is -0.872. The number of halogens is 2. The van der Waals surface area contributed by atoms with E-state index in [4.69, 9.17) is 21.4 Å². The monoisotopic (exact) mass is 337 g/mol. The SMILES string of the molecule is O=S(=O)(NCCC1CCCO1)c1cc(F)c(Cl)c(CO)c1. The van der Waals surface area contributed by atoms with Crippen molar-refractivity contribution in [2.24, 2.45) is 0 Å². The summed E-state index contributed by atoms with van der Waals surface area (Å²) in [6.07, 6.45) is 2.55. The van der Waals surface area contributed by atoms with E-state index in [1.165, 1.54) is 6.07 Å². The molecule has 2 rings (SSSR count). The van der Waals surface area contributed by atoms with Gasteiger partial charge in [0.1, 0.15) is 5.82 Å². The second-order valence-electron chi connectivity index (χ2n) is 4.86. The number of rotatable bonds is 6. The first kappa shape index (κ1) is 16.6. The fraction of sp³-hybridized carbons (Fsp3) is 0.538. The minimum atomic E-state index is -3.84. The molecule has 21 heavy (non-hydrogen) atoms. The molecule has 0 amide bonds. The number of hydrogen-bond acceptors (Lipinski definition) is 4. The standard InChI is InChI=1S/C13H17ClFNO4S/c14-13-9(8-17)6-11(7-12(13)15)21(18,19)16-4-3-10-2-1-5-20-10/h6-7,10,16-17H,1-5,8H2. The van der Waals surface area contributed by atoms with Gasteiger partial charge >= 0.3 is 0 Å². The molecule has 1 fully saturated rings. The van der Waals surface area contributed by atoms with Gasteiger partial charge in [0.25, 0.3) is 0 Å². The molecule has 1 heterocycles. The van der Waals surface area contributed by atoms with Gasteiger partial charge in [-0.15, -0.1) is 0 Å². The molecule has 8 heteroatoms. The number of sulfonamides is 1. The highest BCUT2D eigenvalue weighted by molar-refractivity contribution is 7.89. The fourth-order valence-corrected chi connectivity index (χ4v) is 3.48. The van der Waals surface area contributed by atoms with Crippen LogP contribution in [0.3, 0.4) is 0 Å². The highest BCUT2D eigenvalue weighted by atomic mass is 35.5. The maximum absolute atomic E-state index is 13.6. The van der Waals surface area contributed by atoms with E-state index in [2.05, 4.69) is 4.72 Å².